The molecular formula is C8H17NOS. The van der Waals surface area contributed by atoms with Crippen LogP contribution in [0.2, 0.25) is 0 Å². The molecule has 0 spiro atoms. The van der Waals surface area contributed by atoms with Gasteiger partial charge in [-0.1, -0.05) is 38.4 Å². The van der Waals surface area contributed by atoms with E-state index < -0.39 is 0 Å². The molecule has 0 fully saturated rings. The molecule has 0 aromatic carbocycles. The highest BCUT2D eigenvalue weighted by atomic mass is 32.2. The van der Waals surface area contributed by atoms with Crippen LogP contribution in [0, 0.1) is 0 Å². The van der Waals surface area contributed by atoms with E-state index in [4.69, 9.17) is 0 Å². The lowest BCUT2D eigenvalue weighted by Gasteiger charge is -2.14. The van der Waals surface area contributed by atoms with E-state index in [-0.39, 0.29) is 16.6 Å². The van der Waals surface area contributed by atoms with Crippen molar-refractivity contribution in [3.63, 3.8) is 0 Å². The Kier molecular flexibility index (Phi) is 4.57. The summed E-state index contributed by atoms with van der Waals surface area (Å²) in [5, 5.41) is 0.970. The summed E-state index contributed by atoms with van der Waals surface area (Å²) in [5.74, 6) is -0.0456. The Hall–Kier alpha value is -0.180. The summed E-state index contributed by atoms with van der Waals surface area (Å²) in [4.78, 5) is 10.7. The minimum absolute atomic E-state index is 0.0456. The first-order chi connectivity index (χ1) is 4.95. The molecule has 0 aromatic heterocycles. The Morgan fingerprint density at radius 2 is 1.55 bits per heavy atom. The molecule has 3 heteroatoms. The molecule has 0 saturated carbocycles. The monoisotopic (exact) mass is 175 g/mol. The summed E-state index contributed by atoms with van der Waals surface area (Å²) in [6.45, 7) is 9.95. The number of carbonyl (C=O) groups is 1. The van der Waals surface area contributed by atoms with E-state index in [1.54, 1.807) is 0 Å². The maximum absolute atomic E-state index is 10.7. The molecule has 0 aliphatic rings. The van der Waals surface area contributed by atoms with Crippen LogP contribution < -0.4 is 0 Å². The van der Waals surface area contributed by atoms with Gasteiger partial charge in [-0.05, 0) is 0 Å². The van der Waals surface area contributed by atoms with Crippen molar-refractivity contribution in [3.8, 4) is 0 Å². The van der Waals surface area contributed by atoms with Gasteiger partial charge in [-0.25, -0.2) is 0 Å². The molecule has 0 bridgehead atoms. The van der Waals surface area contributed by atoms with Crippen LogP contribution in [0.3, 0.4) is 0 Å². The van der Waals surface area contributed by atoms with Gasteiger partial charge in [-0.2, -0.15) is 4.36 Å². The number of hydrogen-bond acceptors (Lipinski definition) is 1. The van der Waals surface area contributed by atoms with Crippen molar-refractivity contribution < 1.29 is 4.79 Å². The Morgan fingerprint density at radius 1 is 1.18 bits per heavy atom. The van der Waals surface area contributed by atoms with Gasteiger partial charge in [0.15, 0.2) is 0 Å². The van der Waals surface area contributed by atoms with E-state index in [1.165, 1.54) is 6.92 Å². The fraction of sp³-hybridized carbons (Fsp3) is 0.875. The maximum Gasteiger partial charge on any atom is 0.248 e. The van der Waals surface area contributed by atoms with E-state index in [1.807, 2.05) is 0 Å². The van der Waals surface area contributed by atoms with E-state index >= 15 is 0 Å². The van der Waals surface area contributed by atoms with Gasteiger partial charge >= 0.3 is 0 Å². The molecule has 0 rings (SSSR count). The van der Waals surface area contributed by atoms with Gasteiger partial charge in [0.25, 0.3) is 0 Å². The highest BCUT2D eigenvalue weighted by Crippen LogP contribution is 2.06. The minimum Gasteiger partial charge on any atom is -0.272 e. The van der Waals surface area contributed by atoms with Crippen LogP contribution in [0.1, 0.15) is 34.6 Å². The van der Waals surface area contributed by atoms with Gasteiger partial charge in [-0.15, -0.1) is 0 Å². The fourth-order valence-corrected chi connectivity index (χ4v) is 2.71. The van der Waals surface area contributed by atoms with Crippen molar-refractivity contribution in [2.75, 3.05) is 0 Å². The summed E-state index contributed by atoms with van der Waals surface area (Å²) in [6, 6.07) is 0. The molecule has 0 aliphatic carbocycles. The zero-order valence-corrected chi connectivity index (χ0v) is 8.73. The third kappa shape index (κ3) is 4.30. The molecule has 0 N–H and O–H groups in total. The number of hydrogen-bond donors (Lipinski definition) is 0. The van der Waals surface area contributed by atoms with E-state index in [9.17, 15) is 4.79 Å². The second kappa shape index (κ2) is 4.65. The number of amides is 1. The highest BCUT2D eigenvalue weighted by Gasteiger charge is 2.08. The summed E-state index contributed by atoms with van der Waals surface area (Å²) in [7, 11) is -0.0826. The van der Waals surface area contributed by atoms with Crippen molar-refractivity contribution in [2.24, 2.45) is 4.36 Å². The summed E-state index contributed by atoms with van der Waals surface area (Å²) >= 11 is 0. The molecule has 0 aromatic rings. The van der Waals surface area contributed by atoms with Crippen molar-refractivity contribution in [1.82, 2.24) is 0 Å². The molecule has 66 valence electrons. The van der Waals surface area contributed by atoms with Crippen molar-refractivity contribution in [1.29, 1.82) is 0 Å². The summed E-state index contributed by atoms with van der Waals surface area (Å²) in [5.41, 5.74) is 0. The molecule has 2 nitrogen and oxygen atoms in total. The third-order valence-corrected chi connectivity index (χ3v) is 3.60. The second-order valence-corrected chi connectivity index (χ2v) is 5.82. The van der Waals surface area contributed by atoms with Gasteiger partial charge in [0, 0.05) is 17.4 Å². The zero-order chi connectivity index (χ0) is 9.02. The maximum atomic E-state index is 10.7. The molecule has 11 heavy (non-hydrogen) atoms. The Labute approximate surface area is 71.5 Å². The van der Waals surface area contributed by atoms with E-state index in [2.05, 4.69) is 32.1 Å². The molecule has 0 heterocycles. The Balaban J connectivity index is 4.46. The van der Waals surface area contributed by atoms with Gasteiger partial charge < -0.3 is 0 Å². The van der Waals surface area contributed by atoms with Gasteiger partial charge in [0.05, 0.1) is 0 Å². The first-order valence-corrected chi connectivity index (χ1v) is 5.20. The fourth-order valence-electron chi connectivity index (χ4n) is 0.904. The zero-order valence-electron chi connectivity index (χ0n) is 7.92. The van der Waals surface area contributed by atoms with E-state index in [0.717, 1.165) is 0 Å². The predicted molar refractivity (Wildman–Crippen MR) is 50.7 cm³/mol. The predicted octanol–water partition coefficient (Wildman–Crippen LogP) is 2.15. The van der Waals surface area contributed by atoms with Crippen LogP contribution in [-0.2, 0) is 15.5 Å². The highest BCUT2D eigenvalue weighted by molar-refractivity contribution is 7.88. The Morgan fingerprint density at radius 3 is 1.64 bits per heavy atom. The normalized spacial score (nSPS) is 11.3. The van der Waals surface area contributed by atoms with Gasteiger partial charge in [-0.3, -0.25) is 4.79 Å². The minimum atomic E-state index is -0.0826. The van der Waals surface area contributed by atoms with Crippen LogP contribution in [-0.4, -0.2) is 16.4 Å². The molecular weight excluding hydrogens is 158 g/mol. The summed E-state index contributed by atoms with van der Waals surface area (Å²) in [6.07, 6.45) is 0. The average molecular weight is 175 g/mol. The molecule has 0 radical (unpaired) electrons. The topological polar surface area (TPSA) is 29.4 Å². The standard InChI is InChI=1S/C8H17NOS/c1-6(2)11(7(3)4)9-8(5)10/h6-7H,1-5H3. The van der Waals surface area contributed by atoms with Gasteiger partial charge in [0.1, 0.15) is 0 Å². The summed E-state index contributed by atoms with van der Waals surface area (Å²) < 4.78 is 4.06. The van der Waals surface area contributed by atoms with Crippen LogP contribution >= 0.6 is 0 Å². The van der Waals surface area contributed by atoms with Crippen LogP contribution in [0.15, 0.2) is 4.36 Å². The van der Waals surface area contributed by atoms with Crippen molar-refractivity contribution >= 4 is 16.6 Å². The van der Waals surface area contributed by atoms with Crippen molar-refractivity contribution in [2.45, 2.75) is 45.1 Å². The number of carbonyl (C=O) groups excluding carboxylic acids is 1. The first-order valence-electron chi connectivity index (χ1n) is 3.89. The lowest BCUT2D eigenvalue weighted by atomic mass is 10.5. The quantitative estimate of drug-likeness (QED) is 0.632. The molecule has 0 saturated heterocycles. The number of nitrogens with zero attached hydrogens (tertiary/aromatic N) is 1. The lowest BCUT2D eigenvalue weighted by molar-refractivity contribution is -0.115. The molecule has 0 aliphatic heterocycles. The van der Waals surface area contributed by atoms with Crippen LogP contribution in [0.4, 0.5) is 0 Å². The largest absolute Gasteiger partial charge is 0.272 e. The third-order valence-electron chi connectivity index (χ3n) is 1.20. The first kappa shape index (κ1) is 10.8. The molecule has 0 atom stereocenters. The SMILES string of the molecule is CC(=O)N=S(C(C)C)C(C)C. The Bertz CT molecular complexity index is 163. The van der Waals surface area contributed by atoms with Crippen LogP contribution in [0.5, 0.6) is 0 Å². The average Bonchev–Trinajstić information content (AvgIpc) is 1.81. The van der Waals surface area contributed by atoms with Crippen LogP contribution in [0.25, 0.3) is 0 Å². The van der Waals surface area contributed by atoms with E-state index in [0.29, 0.717) is 10.5 Å². The smallest absolute Gasteiger partial charge is 0.248 e. The molecule has 1 amide bonds. The van der Waals surface area contributed by atoms with Gasteiger partial charge in [0.2, 0.25) is 5.91 Å². The lowest BCUT2D eigenvalue weighted by Crippen LogP contribution is -2.16. The van der Waals surface area contributed by atoms with Crippen molar-refractivity contribution in [3.05, 3.63) is 0 Å². The second-order valence-electron chi connectivity index (χ2n) is 3.05. The number of rotatable bonds is 2. The molecule has 0 unspecified atom stereocenters.